The molecule has 0 aliphatic rings. The molecule has 1 aromatic heterocycles. The van der Waals surface area contributed by atoms with Crippen molar-refractivity contribution in [1.29, 1.82) is 0 Å². The first-order chi connectivity index (χ1) is 9.64. The minimum atomic E-state index is -0.359. The number of nitrogens with one attached hydrogen (secondary N) is 2. The third-order valence-corrected chi connectivity index (χ3v) is 2.99. The second-order valence-electron chi connectivity index (χ2n) is 6.78. The monoisotopic (exact) mass is 297 g/mol. The van der Waals surface area contributed by atoms with Crippen molar-refractivity contribution in [1.82, 2.24) is 10.3 Å². The second kappa shape index (κ2) is 7.18. The second-order valence-corrected chi connectivity index (χ2v) is 6.78. The number of hydrogen-bond acceptors (Lipinski definition) is 4. The summed E-state index contributed by atoms with van der Waals surface area (Å²) in [5.74, 6) is -0.0301. The number of anilines is 1. The van der Waals surface area contributed by atoms with Crippen LogP contribution in [-0.4, -0.2) is 29.3 Å². The van der Waals surface area contributed by atoms with Crippen molar-refractivity contribution in [3.05, 3.63) is 23.6 Å². The van der Waals surface area contributed by atoms with Gasteiger partial charge in [0.1, 0.15) is 0 Å². The molecule has 0 spiro atoms. The summed E-state index contributed by atoms with van der Waals surface area (Å²) in [6.07, 6.45) is 1.62. The van der Waals surface area contributed by atoms with E-state index < -0.39 is 0 Å². The smallest absolute Gasteiger partial charge is 0.169 e. The predicted molar refractivity (Wildman–Crippen MR) is 85.0 cm³/mol. The summed E-state index contributed by atoms with van der Waals surface area (Å²) in [6.45, 7) is 13.6. The average molecular weight is 297 g/mol. The van der Waals surface area contributed by atoms with E-state index in [4.69, 9.17) is 4.74 Å². The molecule has 1 heterocycles. The van der Waals surface area contributed by atoms with E-state index in [0.29, 0.717) is 25.3 Å². The molecule has 0 bridgehead atoms. The van der Waals surface area contributed by atoms with Crippen molar-refractivity contribution in [3.63, 3.8) is 0 Å². The van der Waals surface area contributed by atoms with Crippen LogP contribution in [0.4, 0.5) is 10.2 Å². The lowest BCUT2D eigenvalue weighted by atomic mass is 10.1. The molecule has 0 saturated heterocycles. The summed E-state index contributed by atoms with van der Waals surface area (Å²) in [5, 5.41) is 6.32. The summed E-state index contributed by atoms with van der Waals surface area (Å²) in [4.78, 5) is 4.08. The summed E-state index contributed by atoms with van der Waals surface area (Å²) in [6, 6.07) is 1.70. The highest BCUT2D eigenvalue weighted by Gasteiger charge is 2.19. The van der Waals surface area contributed by atoms with Crippen molar-refractivity contribution in [2.24, 2.45) is 0 Å². The van der Waals surface area contributed by atoms with E-state index in [1.807, 2.05) is 20.8 Å². The van der Waals surface area contributed by atoms with Crippen LogP contribution >= 0.6 is 0 Å². The normalized spacial score (nSPS) is 12.5. The summed E-state index contributed by atoms with van der Waals surface area (Å²) >= 11 is 0. The molecular weight excluding hydrogens is 269 g/mol. The Bertz CT molecular complexity index is 455. The van der Waals surface area contributed by atoms with Gasteiger partial charge in [-0.2, -0.15) is 0 Å². The van der Waals surface area contributed by atoms with Crippen LogP contribution in [0.25, 0.3) is 0 Å². The van der Waals surface area contributed by atoms with E-state index in [2.05, 4.69) is 36.4 Å². The van der Waals surface area contributed by atoms with Gasteiger partial charge in [0.25, 0.3) is 0 Å². The molecule has 120 valence electrons. The standard InChI is InChI=1S/C16H28FN3O/c1-7-21-16(5,6)11-19-14-13(17)12(8-9-18-14)10-20-15(2,3)4/h8-9,20H,7,10-11H2,1-6H3,(H,18,19). The topological polar surface area (TPSA) is 46.2 Å². The molecule has 0 amide bonds. The lowest BCUT2D eigenvalue weighted by Gasteiger charge is -2.25. The van der Waals surface area contributed by atoms with Gasteiger partial charge < -0.3 is 15.4 Å². The van der Waals surface area contributed by atoms with Crippen LogP contribution in [0.5, 0.6) is 0 Å². The quantitative estimate of drug-likeness (QED) is 0.810. The first kappa shape index (κ1) is 17.9. The minimum absolute atomic E-state index is 0.0553. The number of hydrogen-bond donors (Lipinski definition) is 2. The fraction of sp³-hybridized carbons (Fsp3) is 0.688. The summed E-state index contributed by atoms with van der Waals surface area (Å²) in [5.41, 5.74) is 0.194. The maximum Gasteiger partial charge on any atom is 0.169 e. The summed E-state index contributed by atoms with van der Waals surface area (Å²) < 4.78 is 20.0. The van der Waals surface area contributed by atoms with E-state index in [1.165, 1.54) is 0 Å². The van der Waals surface area contributed by atoms with Crippen LogP contribution in [0.3, 0.4) is 0 Å². The Kier molecular flexibility index (Phi) is 6.10. The molecule has 4 nitrogen and oxygen atoms in total. The van der Waals surface area contributed by atoms with Gasteiger partial charge in [-0.3, -0.25) is 0 Å². The zero-order chi connectivity index (χ0) is 16.1. The highest BCUT2D eigenvalue weighted by Crippen LogP contribution is 2.18. The maximum absolute atomic E-state index is 14.4. The molecule has 0 fully saturated rings. The van der Waals surface area contributed by atoms with Gasteiger partial charge in [0, 0.05) is 37.0 Å². The first-order valence-electron chi connectivity index (χ1n) is 7.41. The van der Waals surface area contributed by atoms with Gasteiger partial charge in [-0.15, -0.1) is 0 Å². The highest BCUT2D eigenvalue weighted by molar-refractivity contribution is 5.40. The molecule has 2 N–H and O–H groups in total. The van der Waals surface area contributed by atoms with E-state index in [-0.39, 0.29) is 22.8 Å². The van der Waals surface area contributed by atoms with E-state index in [0.717, 1.165) is 0 Å². The zero-order valence-electron chi connectivity index (χ0n) is 14.0. The summed E-state index contributed by atoms with van der Waals surface area (Å²) in [7, 11) is 0. The van der Waals surface area contributed by atoms with Gasteiger partial charge in [-0.1, -0.05) is 0 Å². The maximum atomic E-state index is 14.4. The lowest BCUT2D eigenvalue weighted by molar-refractivity contribution is 0.000600. The Balaban J connectivity index is 2.72. The number of halogens is 1. The number of nitrogens with zero attached hydrogens (tertiary/aromatic N) is 1. The van der Waals surface area contributed by atoms with E-state index >= 15 is 0 Å². The molecule has 0 saturated carbocycles. The lowest BCUT2D eigenvalue weighted by Crippen LogP contribution is -2.35. The van der Waals surface area contributed by atoms with Crippen LogP contribution in [-0.2, 0) is 11.3 Å². The minimum Gasteiger partial charge on any atom is -0.374 e. The van der Waals surface area contributed by atoms with Crippen LogP contribution in [0.2, 0.25) is 0 Å². The Morgan fingerprint density at radius 3 is 2.48 bits per heavy atom. The van der Waals surface area contributed by atoms with Crippen LogP contribution in [0.1, 0.15) is 47.1 Å². The molecule has 0 aliphatic carbocycles. The van der Waals surface area contributed by atoms with Crippen LogP contribution < -0.4 is 10.6 Å². The molecule has 0 radical (unpaired) electrons. The SMILES string of the molecule is CCOC(C)(C)CNc1nccc(CNC(C)(C)C)c1F. The molecule has 1 rings (SSSR count). The van der Waals surface area contributed by atoms with Gasteiger partial charge in [-0.05, 0) is 47.6 Å². The first-order valence-corrected chi connectivity index (χ1v) is 7.41. The third kappa shape index (κ3) is 6.40. The number of rotatable bonds is 7. The van der Waals surface area contributed by atoms with E-state index in [1.54, 1.807) is 12.3 Å². The Hall–Kier alpha value is -1.20. The molecule has 1 aromatic rings. The molecule has 0 aromatic carbocycles. The number of pyridine rings is 1. The molecule has 21 heavy (non-hydrogen) atoms. The Labute approximate surface area is 127 Å². The molecule has 0 unspecified atom stereocenters. The fourth-order valence-corrected chi connectivity index (χ4v) is 1.84. The predicted octanol–water partition coefficient (Wildman–Crippen LogP) is 3.34. The van der Waals surface area contributed by atoms with Crippen molar-refractivity contribution in [3.8, 4) is 0 Å². The van der Waals surface area contributed by atoms with Gasteiger partial charge >= 0.3 is 0 Å². The van der Waals surface area contributed by atoms with Gasteiger partial charge in [0.15, 0.2) is 11.6 Å². The van der Waals surface area contributed by atoms with Crippen LogP contribution in [0, 0.1) is 5.82 Å². The largest absolute Gasteiger partial charge is 0.374 e. The average Bonchev–Trinajstić information content (AvgIpc) is 2.35. The number of ether oxygens (including phenoxy) is 1. The number of aromatic nitrogens is 1. The van der Waals surface area contributed by atoms with Gasteiger partial charge in [0.2, 0.25) is 0 Å². The van der Waals surface area contributed by atoms with Gasteiger partial charge in [0.05, 0.1) is 5.60 Å². The van der Waals surface area contributed by atoms with Gasteiger partial charge in [-0.25, -0.2) is 9.37 Å². The fourth-order valence-electron chi connectivity index (χ4n) is 1.84. The van der Waals surface area contributed by atoms with Crippen molar-refractivity contribution >= 4 is 5.82 Å². The zero-order valence-corrected chi connectivity index (χ0v) is 14.0. The molecule has 0 atom stereocenters. The highest BCUT2D eigenvalue weighted by atomic mass is 19.1. The van der Waals surface area contributed by atoms with E-state index in [9.17, 15) is 4.39 Å². The van der Waals surface area contributed by atoms with Crippen molar-refractivity contribution in [2.45, 2.75) is 59.2 Å². The molecule has 5 heteroatoms. The van der Waals surface area contributed by atoms with Crippen molar-refractivity contribution < 1.29 is 9.13 Å². The molecule has 0 aliphatic heterocycles. The Morgan fingerprint density at radius 2 is 1.90 bits per heavy atom. The Morgan fingerprint density at radius 1 is 1.24 bits per heavy atom. The third-order valence-electron chi connectivity index (χ3n) is 2.99. The molecular formula is C16H28FN3O. The van der Waals surface area contributed by atoms with Crippen LogP contribution in [0.15, 0.2) is 12.3 Å². The van der Waals surface area contributed by atoms with Crippen molar-refractivity contribution in [2.75, 3.05) is 18.5 Å².